The molecule has 0 aromatic heterocycles. The van der Waals surface area contributed by atoms with Gasteiger partial charge >= 0.3 is 0 Å². The molecule has 1 saturated heterocycles. The number of aliphatic hydroxyl groups is 1. The standard InChI is InChI=1S/C17H25F2NO/c1-13-9-20(10-14-7-5-4-6-8-14)11-15(17(13,18)19)16(2,3)12-21/h4-8,13,15,21H,9-12H2,1-3H3. The molecule has 118 valence electrons. The maximum Gasteiger partial charge on any atom is 0.256 e. The van der Waals surface area contributed by atoms with Gasteiger partial charge in [0.25, 0.3) is 5.92 Å². The van der Waals surface area contributed by atoms with Crippen LogP contribution in [-0.4, -0.2) is 35.6 Å². The Balaban J connectivity index is 2.17. The van der Waals surface area contributed by atoms with E-state index < -0.39 is 23.2 Å². The fraction of sp³-hybridized carbons (Fsp3) is 0.647. The van der Waals surface area contributed by atoms with Crippen LogP contribution in [0, 0.1) is 17.3 Å². The van der Waals surface area contributed by atoms with Crippen molar-refractivity contribution in [3.8, 4) is 0 Å². The third kappa shape index (κ3) is 3.43. The average Bonchev–Trinajstić information content (AvgIpc) is 2.44. The number of alkyl halides is 2. The first kappa shape index (κ1) is 16.4. The highest BCUT2D eigenvalue weighted by Gasteiger charge is 2.54. The van der Waals surface area contributed by atoms with E-state index in [9.17, 15) is 13.9 Å². The van der Waals surface area contributed by atoms with Crippen LogP contribution in [0.5, 0.6) is 0 Å². The van der Waals surface area contributed by atoms with Gasteiger partial charge in [-0.3, -0.25) is 4.90 Å². The molecule has 0 saturated carbocycles. The van der Waals surface area contributed by atoms with Gasteiger partial charge in [-0.25, -0.2) is 8.78 Å². The normalized spacial score (nSPS) is 26.8. The molecule has 1 N–H and O–H groups in total. The summed E-state index contributed by atoms with van der Waals surface area (Å²) in [4.78, 5) is 2.08. The van der Waals surface area contributed by atoms with Crippen LogP contribution in [0.4, 0.5) is 8.78 Å². The van der Waals surface area contributed by atoms with Crippen LogP contribution in [0.15, 0.2) is 30.3 Å². The fourth-order valence-corrected chi connectivity index (χ4v) is 3.16. The molecule has 1 aliphatic heterocycles. The zero-order valence-corrected chi connectivity index (χ0v) is 13.0. The maximum absolute atomic E-state index is 14.5. The smallest absolute Gasteiger partial charge is 0.256 e. The van der Waals surface area contributed by atoms with Crippen molar-refractivity contribution in [3.63, 3.8) is 0 Å². The number of benzene rings is 1. The second kappa shape index (κ2) is 6.01. The van der Waals surface area contributed by atoms with Crippen LogP contribution < -0.4 is 0 Å². The topological polar surface area (TPSA) is 23.5 Å². The molecule has 0 aliphatic carbocycles. The lowest BCUT2D eigenvalue weighted by Crippen LogP contribution is -2.57. The van der Waals surface area contributed by atoms with E-state index in [1.807, 2.05) is 30.3 Å². The summed E-state index contributed by atoms with van der Waals surface area (Å²) in [6.45, 7) is 6.23. The van der Waals surface area contributed by atoms with Crippen LogP contribution in [-0.2, 0) is 6.54 Å². The number of piperidine rings is 1. The minimum Gasteiger partial charge on any atom is -0.396 e. The lowest BCUT2D eigenvalue weighted by atomic mass is 9.70. The Kier molecular flexibility index (Phi) is 4.69. The van der Waals surface area contributed by atoms with E-state index in [0.717, 1.165) is 5.56 Å². The summed E-state index contributed by atoms with van der Waals surface area (Å²) >= 11 is 0. The van der Waals surface area contributed by atoms with Gasteiger partial charge in [0.05, 0.1) is 0 Å². The maximum atomic E-state index is 14.5. The van der Waals surface area contributed by atoms with Crippen molar-refractivity contribution in [1.82, 2.24) is 4.90 Å². The highest BCUT2D eigenvalue weighted by atomic mass is 19.3. The summed E-state index contributed by atoms with van der Waals surface area (Å²) in [5, 5.41) is 9.49. The molecule has 0 amide bonds. The van der Waals surface area contributed by atoms with Crippen molar-refractivity contribution in [2.75, 3.05) is 19.7 Å². The van der Waals surface area contributed by atoms with E-state index >= 15 is 0 Å². The minimum absolute atomic E-state index is 0.223. The first-order valence-electron chi connectivity index (χ1n) is 7.52. The van der Waals surface area contributed by atoms with E-state index in [0.29, 0.717) is 19.6 Å². The summed E-state index contributed by atoms with van der Waals surface area (Å²) in [7, 11) is 0. The Morgan fingerprint density at radius 3 is 2.43 bits per heavy atom. The van der Waals surface area contributed by atoms with Crippen molar-refractivity contribution >= 4 is 0 Å². The van der Waals surface area contributed by atoms with Gasteiger partial charge in [-0.15, -0.1) is 0 Å². The van der Waals surface area contributed by atoms with E-state index in [1.54, 1.807) is 20.8 Å². The monoisotopic (exact) mass is 297 g/mol. The molecular weight excluding hydrogens is 272 g/mol. The highest BCUT2D eigenvalue weighted by Crippen LogP contribution is 2.46. The minimum atomic E-state index is -2.74. The van der Waals surface area contributed by atoms with Crippen molar-refractivity contribution < 1.29 is 13.9 Å². The molecule has 0 bridgehead atoms. The number of halogens is 2. The molecule has 21 heavy (non-hydrogen) atoms. The molecule has 1 aromatic rings. The lowest BCUT2D eigenvalue weighted by molar-refractivity contribution is -0.185. The fourth-order valence-electron chi connectivity index (χ4n) is 3.16. The van der Waals surface area contributed by atoms with E-state index in [1.165, 1.54) is 0 Å². The summed E-state index contributed by atoms with van der Waals surface area (Å²) in [6, 6.07) is 9.92. The molecular formula is C17H25F2NO. The SMILES string of the molecule is CC1CN(Cc2ccccc2)CC(C(C)(C)CO)C1(F)F. The van der Waals surface area contributed by atoms with Crippen LogP contribution in [0.1, 0.15) is 26.3 Å². The molecule has 1 heterocycles. The summed E-state index contributed by atoms with van der Waals surface area (Å²) in [6.07, 6.45) is 0. The van der Waals surface area contributed by atoms with Crippen molar-refractivity contribution in [2.45, 2.75) is 33.2 Å². The quantitative estimate of drug-likeness (QED) is 0.920. The Labute approximate surface area is 125 Å². The molecule has 1 fully saturated rings. The van der Waals surface area contributed by atoms with Gasteiger partial charge in [0.2, 0.25) is 0 Å². The van der Waals surface area contributed by atoms with E-state index in [4.69, 9.17) is 0 Å². The van der Waals surface area contributed by atoms with Gasteiger partial charge in [-0.05, 0) is 11.0 Å². The lowest BCUT2D eigenvalue weighted by Gasteiger charge is -2.48. The zero-order valence-electron chi connectivity index (χ0n) is 13.0. The number of hydrogen-bond donors (Lipinski definition) is 1. The van der Waals surface area contributed by atoms with Crippen molar-refractivity contribution in [1.29, 1.82) is 0 Å². The number of nitrogens with zero attached hydrogens (tertiary/aromatic N) is 1. The van der Waals surface area contributed by atoms with Gasteiger partial charge in [0.15, 0.2) is 0 Å². The zero-order chi connectivity index (χ0) is 15.7. The van der Waals surface area contributed by atoms with Crippen LogP contribution in [0.25, 0.3) is 0 Å². The first-order chi connectivity index (χ1) is 9.77. The van der Waals surface area contributed by atoms with Gasteiger partial charge in [-0.2, -0.15) is 0 Å². The molecule has 1 aliphatic rings. The molecule has 0 radical (unpaired) electrons. The predicted molar refractivity (Wildman–Crippen MR) is 80.2 cm³/mol. The van der Waals surface area contributed by atoms with Gasteiger partial charge < -0.3 is 5.11 Å². The third-order valence-corrected chi connectivity index (χ3v) is 4.69. The third-order valence-electron chi connectivity index (χ3n) is 4.69. The number of aliphatic hydroxyl groups excluding tert-OH is 1. The molecule has 4 heteroatoms. The molecule has 1 aromatic carbocycles. The largest absolute Gasteiger partial charge is 0.396 e. The first-order valence-corrected chi connectivity index (χ1v) is 7.52. The van der Waals surface area contributed by atoms with E-state index in [-0.39, 0.29) is 6.61 Å². The summed E-state index contributed by atoms with van der Waals surface area (Å²) < 4.78 is 29.0. The Hall–Kier alpha value is -1.00. The van der Waals surface area contributed by atoms with Crippen LogP contribution in [0.2, 0.25) is 0 Å². The Morgan fingerprint density at radius 1 is 1.24 bits per heavy atom. The van der Waals surface area contributed by atoms with Gasteiger partial charge in [0, 0.05) is 38.1 Å². The average molecular weight is 297 g/mol. The highest BCUT2D eigenvalue weighted by molar-refractivity contribution is 5.15. The summed E-state index contributed by atoms with van der Waals surface area (Å²) in [5.41, 5.74) is 0.350. The number of rotatable bonds is 4. The van der Waals surface area contributed by atoms with Gasteiger partial charge in [0.1, 0.15) is 0 Å². The molecule has 2 unspecified atom stereocenters. The van der Waals surface area contributed by atoms with Gasteiger partial charge in [-0.1, -0.05) is 51.1 Å². The predicted octanol–water partition coefficient (Wildman–Crippen LogP) is 3.41. The van der Waals surface area contributed by atoms with Crippen molar-refractivity contribution in [2.24, 2.45) is 17.3 Å². The second-order valence-electron chi connectivity index (χ2n) is 6.95. The molecule has 2 nitrogen and oxygen atoms in total. The Morgan fingerprint density at radius 2 is 1.86 bits per heavy atom. The number of likely N-dealkylation sites (tertiary alicyclic amines) is 1. The second-order valence-corrected chi connectivity index (χ2v) is 6.95. The van der Waals surface area contributed by atoms with Crippen LogP contribution in [0.3, 0.4) is 0 Å². The Bertz CT molecular complexity index is 461. The summed E-state index contributed by atoms with van der Waals surface area (Å²) in [5.74, 6) is -4.27. The number of hydrogen-bond acceptors (Lipinski definition) is 2. The van der Waals surface area contributed by atoms with Crippen molar-refractivity contribution in [3.05, 3.63) is 35.9 Å². The molecule has 0 spiro atoms. The van der Waals surface area contributed by atoms with Crippen LogP contribution >= 0.6 is 0 Å². The molecule has 2 atom stereocenters. The van der Waals surface area contributed by atoms with E-state index in [2.05, 4.69) is 4.90 Å². The molecule has 2 rings (SSSR count).